The summed E-state index contributed by atoms with van der Waals surface area (Å²) < 4.78 is 15.2. The number of ether oxygens (including phenoxy) is 3. The zero-order chi connectivity index (χ0) is 18.2. The molecule has 0 aromatic heterocycles. The number of amides is 1. The van der Waals surface area contributed by atoms with Crippen molar-refractivity contribution in [3.8, 4) is 5.75 Å². The fourth-order valence-electron chi connectivity index (χ4n) is 1.83. The molecule has 0 aliphatic carbocycles. The molecular weight excluding hydrogens is 314 g/mol. The first-order valence-corrected chi connectivity index (χ1v) is 7.74. The van der Waals surface area contributed by atoms with Gasteiger partial charge in [0.1, 0.15) is 11.4 Å². The Bertz CT molecular complexity index is 535. The number of hydrogen-bond acceptors (Lipinski definition) is 6. The summed E-state index contributed by atoms with van der Waals surface area (Å²) in [7, 11) is 0. The van der Waals surface area contributed by atoms with Gasteiger partial charge in [0.05, 0.1) is 19.3 Å². The molecule has 7 nitrogen and oxygen atoms in total. The maximum absolute atomic E-state index is 11.8. The van der Waals surface area contributed by atoms with E-state index in [1.165, 1.54) is 0 Å². The first kappa shape index (κ1) is 19.8. The first-order chi connectivity index (χ1) is 11.2. The third-order valence-electron chi connectivity index (χ3n) is 2.82. The van der Waals surface area contributed by atoms with Gasteiger partial charge in [0, 0.05) is 0 Å². The molecule has 1 aromatic rings. The van der Waals surface area contributed by atoms with Gasteiger partial charge in [-0.25, -0.2) is 9.59 Å². The molecule has 0 fully saturated rings. The smallest absolute Gasteiger partial charge is 0.408 e. The molecule has 0 radical (unpaired) electrons. The summed E-state index contributed by atoms with van der Waals surface area (Å²) >= 11 is 0. The van der Waals surface area contributed by atoms with Crippen molar-refractivity contribution >= 4 is 12.1 Å². The van der Waals surface area contributed by atoms with Crippen molar-refractivity contribution < 1.29 is 28.9 Å². The van der Waals surface area contributed by atoms with Crippen LogP contribution >= 0.6 is 0 Å². The number of carbonyl (C=O) groups excluding carboxylic acids is 2. The van der Waals surface area contributed by atoms with Gasteiger partial charge in [-0.2, -0.15) is 0 Å². The molecular formula is C17H25NO6. The van der Waals surface area contributed by atoms with Crippen LogP contribution in [-0.2, 0) is 14.3 Å². The van der Waals surface area contributed by atoms with Crippen LogP contribution in [0.25, 0.3) is 0 Å². The minimum absolute atomic E-state index is 0.174. The second kappa shape index (κ2) is 9.12. The number of nitrogens with one attached hydrogen (secondary N) is 1. The van der Waals surface area contributed by atoms with Crippen LogP contribution in [0.1, 0.15) is 39.3 Å². The van der Waals surface area contributed by atoms with Crippen molar-refractivity contribution in [2.24, 2.45) is 0 Å². The SMILES string of the molecule is CCOC(=O)COc1ccc(C(CO)NC(=O)OC(C)(C)C)cc1. The zero-order valence-corrected chi connectivity index (χ0v) is 14.5. The molecule has 1 aromatic carbocycles. The molecule has 2 N–H and O–H groups in total. The predicted molar refractivity (Wildman–Crippen MR) is 87.8 cm³/mol. The van der Waals surface area contributed by atoms with E-state index in [1.54, 1.807) is 52.0 Å². The second-order valence-corrected chi connectivity index (χ2v) is 6.04. The Kier molecular flexibility index (Phi) is 7.51. The highest BCUT2D eigenvalue weighted by Crippen LogP contribution is 2.18. The van der Waals surface area contributed by atoms with E-state index in [0.717, 1.165) is 0 Å². The molecule has 1 amide bonds. The standard InChI is InChI=1S/C17H25NO6/c1-5-22-15(20)11-23-13-8-6-12(7-9-13)14(10-19)18-16(21)24-17(2,3)4/h6-9,14,19H,5,10-11H2,1-4H3,(H,18,21). The number of alkyl carbamates (subject to hydrolysis) is 1. The van der Waals surface area contributed by atoms with E-state index in [-0.39, 0.29) is 13.2 Å². The first-order valence-electron chi connectivity index (χ1n) is 7.74. The number of aliphatic hydroxyl groups is 1. The Morgan fingerprint density at radius 3 is 2.33 bits per heavy atom. The summed E-state index contributed by atoms with van der Waals surface area (Å²) in [5.41, 5.74) is 0.0707. The Hall–Kier alpha value is -2.28. The van der Waals surface area contributed by atoms with Gasteiger partial charge in [-0.1, -0.05) is 12.1 Å². The van der Waals surface area contributed by atoms with Crippen LogP contribution in [0, 0.1) is 0 Å². The van der Waals surface area contributed by atoms with Gasteiger partial charge in [-0.3, -0.25) is 0 Å². The molecule has 0 saturated heterocycles. The van der Waals surface area contributed by atoms with Crippen LogP contribution in [0.5, 0.6) is 5.75 Å². The third kappa shape index (κ3) is 7.32. The molecule has 0 aliphatic heterocycles. The third-order valence-corrected chi connectivity index (χ3v) is 2.82. The average Bonchev–Trinajstić information content (AvgIpc) is 2.50. The van der Waals surface area contributed by atoms with Crippen LogP contribution in [0.4, 0.5) is 4.79 Å². The zero-order valence-electron chi connectivity index (χ0n) is 14.5. The number of aliphatic hydroxyl groups excluding tert-OH is 1. The van der Waals surface area contributed by atoms with Crippen LogP contribution < -0.4 is 10.1 Å². The second-order valence-electron chi connectivity index (χ2n) is 6.04. The van der Waals surface area contributed by atoms with E-state index in [2.05, 4.69) is 5.32 Å². The Labute approximate surface area is 141 Å². The maximum Gasteiger partial charge on any atom is 0.408 e. The Morgan fingerprint density at radius 2 is 1.83 bits per heavy atom. The fourth-order valence-corrected chi connectivity index (χ4v) is 1.83. The molecule has 1 unspecified atom stereocenters. The van der Waals surface area contributed by atoms with Gasteiger partial charge < -0.3 is 24.6 Å². The summed E-state index contributed by atoms with van der Waals surface area (Å²) in [6.07, 6.45) is -0.607. The van der Waals surface area contributed by atoms with Crippen LogP contribution in [-0.4, -0.2) is 42.6 Å². The lowest BCUT2D eigenvalue weighted by molar-refractivity contribution is -0.145. The largest absolute Gasteiger partial charge is 0.482 e. The van der Waals surface area contributed by atoms with Crippen molar-refractivity contribution in [3.63, 3.8) is 0 Å². The summed E-state index contributed by atoms with van der Waals surface area (Å²) in [6, 6.07) is 6.08. The van der Waals surface area contributed by atoms with Crippen molar-refractivity contribution in [2.75, 3.05) is 19.8 Å². The molecule has 1 rings (SSSR count). The monoisotopic (exact) mass is 339 g/mol. The number of rotatable bonds is 7. The molecule has 7 heteroatoms. The summed E-state index contributed by atoms with van der Waals surface area (Å²) in [4.78, 5) is 23.0. The van der Waals surface area contributed by atoms with Gasteiger partial charge in [-0.15, -0.1) is 0 Å². The van der Waals surface area contributed by atoms with Gasteiger partial charge in [-0.05, 0) is 45.4 Å². The van der Waals surface area contributed by atoms with E-state index >= 15 is 0 Å². The van der Waals surface area contributed by atoms with Crippen molar-refractivity contribution in [2.45, 2.75) is 39.3 Å². The number of benzene rings is 1. The van der Waals surface area contributed by atoms with E-state index < -0.39 is 23.7 Å². The van der Waals surface area contributed by atoms with Crippen LogP contribution in [0.3, 0.4) is 0 Å². The van der Waals surface area contributed by atoms with E-state index in [0.29, 0.717) is 17.9 Å². The van der Waals surface area contributed by atoms with Crippen molar-refractivity contribution in [3.05, 3.63) is 29.8 Å². The minimum Gasteiger partial charge on any atom is -0.482 e. The minimum atomic E-state index is -0.616. The molecule has 24 heavy (non-hydrogen) atoms. The van der Waals surface area contributed by atoms with Gasteiger partial charge in [0.2, 0.25) is 0 Å². The molecule has 0 spiro atoms. The van der Waals surface area contributed by atoms with Gasteiger partial charge in [0.15, 0.2) is 6.61 Å². The lowest BCUT2D eigenvalue weighted by Crippen LogP contribution is -2.36. The predicted octanol–water partition coefficient (Wildman–Crippen LogP) is 2.19. The van der Waals surface area contributed by atoms with E-state index in [1.807, 2.05) is 0 Å². The topological polar surface area (TPSA) is 94.1 Å². The van der Waals surface area contributed by atoms with Gasteiger partial charge in [0.25, 0.3) is 0 Å². The lowest BCUT2D eigenvalue weighted by Gasteiger charge is -2.23. The average molecular weight is 339 g/mol. The van der Waals surface area contributed by atoms with E-state index in [9.17, 15) is 14.7 Å². The highest BCUT2D eigenvalue weighted by Gasteiger charge is 2.20. The van der Waals surface area contributed by atoms with Gasteiger partial charge >= 0.3 is 12.1 Å². The normalized spacial score (nSPS) is 12.2. The summed E-state index contributed by atoms with van der Waals surface area (Å²) in [6.45, 7) is 6.85. The molecule has 0 aliphatic rings. The number of carbonyl (C=O) groups is 2. The molecule has 1 atom stereocenters. The van der Waals surface area contributed by atoms with Crippen molar-refractivity contribution in [1.29, 1.82) is 0 Å². The molecule has 0 bridgehead atoms. The highest BCUT2D eigenvalue weighted by atomic mass is 16.6. The van der Waals surface area contributed by atoms with Crippen LogP contribution in [0.2, 0.25) is 0 Å². The number of hydrogen-bond donors (Lipinski definition) is 2. The van der Waals surface area contributed by atoms with Crippen LogP contribution in [0.15, 0.2) is 24.3 Å². The lowest BCUT2D eigenvalue weighted by atomic mass is 10.1. The molecule has 0 saturated carbocycles. The van der Waals surface area contributed by atoms with E-state index in [4.69, 9.17) is 14.2 Å². The number of esters is 1. The Morgan fingerprint density at radius 1 is 1.21 bits per heavy atom. The molecule has 0 heterocycles. The summed E-state index contributed by atoms with van der Waals surface area (Å²) in [5.74, 6) is 0.0437. The van der Waals surface area contributed by atoms with Crippen molar-refractivity contribution in [1.82, 2.24) is 5.32 Å². The molecule has 134 valence electrons. The Balaban J connectivity index is 2.61. The maximum atomic E-state index is 11.8. The highest BCUT2D eigenvalue weighted by molar-refractivity contribution is 5.71. The summed E-state index contributed by atoms with van der Waals surface area (Å²) in [5, 5.41) is 12.1. The fraction of sp³-hybridized carbons (Fsp3) is 0.529. The quantitative estimate of drug-likeness (QED) is 0.740.